The molecule has 6 N–H and O–H groups in total. The van der Waals surface area contributed by atoms with Crippen LogP contribution in [0.25, 0.3) is 0 Å². The summed E-state index contributed by atoms with van der Waals surface area (Å²) in [5.41, 5.74) is 10.1. The molecule has 7 nitrogen and oxygen atoms in total. The summed E-state index contributed by atoms with van der Waals surface area (Å²) < 4.78 is 0. The van der Waals surface area contributed by atoms with Gasteiger partial charge < -0.3 is 21.9 Å². The highest BCUT2D eigenvalue weighted by atomic mass is 16.4. The van der Waals surface area contributed by atoms with Crippen LogP contribution in [0.4, 0.5) is 0 Å². The van der Waals surface area contributed by atoms with E-state index in [1.54, 1.807) is 0 Å². The van der Waals surface area contributed by atoms with E-state index < -0.39 is 29.9 Å². The third-order valence-corrected chi connectivity index (χ3v) is 1.69. The van der Waals surface area contributed by atoms with Crippen molar-refractivity contribution in [2.75, 3.05) is 0 Å². The van der Waals surface area contributed by atoms with Crippen molar-refractivity contribution in [1.29, 1.82) is 0 Å². The molecule has 0 aromatic rings. The van der Waals surface area contributed by atoms with Gasteiger partial charge in [0.25, 0.3) is 0 Å². The molecular weight excluding hydrogens is 214 g/mol. The molecule has 0 rings (SSSR count). The van der Waals surface area contributed by atoms with Crippen LogP contribution in [0.3, 0.4) is 0 Å². The lowest BCUT2D eigenvalue weighted by Gasteiger charge is -2.15. The summed E-state index contributed by atoms with van der Waals surface area (Å²) in [6.45, 7) is 0. The average Bonchev–Trinajstić information content (AvgIpc) is 2.15. The quantitative estimate of drug-likeness (QED) is 0.381. The van der Waals surface area contributed by atoms with Crippen LogP contribution in [0.2, 0.25) is 0 Å². The summed E-state index contributed by atoms with van der Waals surface area (Å²) in [4.78, 5) is 32.4. The number of hydrogen-bond donors (Lipinski definition) is 4. The minimum Gasteiger partial charge on any atom is -0.480 e. The summed E-state index contributed by atoms with van der Waals surface area (Å²) >= 11 is 0. The fraction of sp³-hybridized carbons (Fsp3) is 0.444. The van der Waals surface area contributed by atoms with E-state index in [2.05, 4.69) is 11.2 Å². The van der Waals surface area contributed by atoms with Crippen molar-refractivity contribution < 1.29 is 19.5 Å². The topological polar surface area (TPSA) is 136 Å². The zero-order valence-corrected chi connectivity index (χ0v) is 8.47. The maximum absolute atomic E-state index is 11.3. The van der Waals surface area contributed by atoms with Crippen LogP contribution in [-0.4, -0.2) is 35.0 Å². The molecule has 0 saturated heterocycles. The zero-order valence-electron chi connectivity index (χ0n) is 8.47. The number of terminal acetylenes is 1. The Morgan fingerprint density at radius 1 is 1.44 bits per heavy atom. The van der Waals surface area contributed by atoms with Gasteiger partial charge in [-0.2, -0.15) is 0 Å². The van der Waals surface area contributed by atoms with Crippen LogP contribution in [0.1, 0.15) is 12.8 Å². The maximum atomic E-state index is 11.3. The number of nitrogens with one attached hydrogen (secondary N) is 1. The van der Waals surface area contributed by atoms with Crippen LogP contribution in [0, 0.1) is 12.3 Å². The van der Waals surface area contributed by atoms with Gasteiger partial charge in [-0.15, -0.1) is 12.3 Å². The minimum atomic E-state index is -1.27. The second-order valence-electron chi connectivity index (χ2n) is 3.08. The van der Waals surface area contributed by atoms with Gasteiger partial charge in [-0.05, 0) is 0 Å². The van der Waals surface area contributed by atoms with Crippen LogP contribution in [0.15, 0.2) is 0 Å². The first-order valence-electron chi connectivity index (χ1n) is 4.39. The van der Waals surface area contributed by atoms with Gasteiger partial charge in [0.1, 0.15) is 6.04 Å². The number of carboxylic acid groups (broad SMARTS) is 1. The first-order chi connectivity index (χ1) is 7.38. The standard InChI is InChI=1S/C9H13N3O4/c1-2-3-6(9(15)16)12-8(14)5(10)4-7(11)13/h1,5-6H,3-4,10H2,(H2,11,13)(H,12,14)(H,15,16). The summed E-state index contributed by atoms with van der Waals surface area (Å²) in [6.07, 6.45) is 4.41. The van der Waals surface area contributed by atoms with E-state index in [9.17, 15) is 14.4 Å². The zero-order chi connectivity index (χ0) is 12.7. The molecular formula is C9H13N3O4. The highest BCUT2D eigenvalue weighted by Gasteiger charge is 2.23. The summed E-state index contributed by atoms with van der Waals surface area (Å²) in [5.74, 6) is -0.680. The van der Waals surface area contributed by atoms with Gasteiger partial charge in [0.15, 0.2) is 0 Å². The molecule has 0 spiro atoms. The number of carbonyl (C=O) groups is 3. The smallest absolute Gasteiger partial charge is 0.327 e. The van der Waals surface area contributed by atoms with Crippen molar-refractivity contribution in [3.63, 3.8) is 0 Å². The first-order valence-corrected chi connectivity index (χ1v) is 4.39. The molecule has 0 aromatic carbocycles. The van der Waals surface area contributed by atoms with Crippen molar-refractivity contribution in [3.05, 3.63) is 0 Å². The van der Waals surface area contributed by atoms with Crippen molar-refractivity contribution >= 4 is 17.8 Å². The predicted octanol–water partition coefficient (Wildman–Crippen LogP) is -2.22. The molecule has 2 unspecified atom stereocenters. The first kappa shape index (κ1) is 13.9. The van der Waals surface area contributed by atoms with E-state index in [0.29, 0.717) is 0 Å². The number of amides is 2. The number of nitrogens with two attached hydrogens (primary N) is 2. The molecule has 0 heterocycles. The van der Waals surface area contributed by atoms with E-state index >= 15 is 0 Å². The Labute approximate surface area is 92.2 Å². The molecule has 0 aliphatic carbocycles. The average molecular weight is 227 g/mol. The van der Waals surface area contributed by atoms with Gasteiger partial charge in [-0.3, -0.25) is 9.59 Å². The molecule has 0 aliphatic rings. The highest BCUT2D eigenvalue weighted by Crippen LogP contribution is 1.94. The van der Waals surface area contributed by atoms with E-state index in [1.165, 1.54) is 0 Å². The van der Waals surface area contributed by atoms with Crippen LogP contribution in [0.5, 0.6) is 0 Å². The third kappa shape index (κ3) is 4.97. The number of primary amides is 1. The molecule has 0 bridgehead atoms. The van der Waals surface area contributed by atoms with Crippen LogP contribution < -0.4 is 16.8 Å². The Morgan fingerprint density at radius 2 is 2.00 bits per heavy atom. The Balaban J connectivity index is 4.35. The predicted molar refractivity (Wildman–Crippen MR) is 54.8 cm³/mol. The van der Waals surface area contributed by atoms with Gasteiger partial charge in [-0.1, -0.05) is 0 Å². The number of hydrogen-bond acceptors (Lipinski definition) is 4. The third-order valence-electron chi connectivity index (χ3n) is 1.69. The highest BCUT2D eigenvalue weighted by molar-refractivity contribution is 5.90. The van der Waals surface area contributed by atoms with E-state index in [1.807, 2.05) is 0 Å². The van der Waals surface area contributed by atoms with Crippen molar-refractivity contribution in [1.82, 2.24) is 5.32 Å². The SMILES string of the molecule is C#CCC(NC(=O)C(N)CC(N)=O)C(=O)O. The Kier molecular flexibility index (Phi) is 5.59. The van der Waals surface area contributed by atoms with Gasteiger partial charge >= 0.3 is 5.97 Å². The van der Waals surface area contributed by atoms with Crippen LogP contribution in [-0.2, 0) is 14.4 Å². The number of carboxylic acids is 1. The van der Waals surface area contributed by atoms with Gasteiger partial charge in [0, 0.05) is 6.42 Å². The van der Waals surface area contributed by atoms with E-state index in [0.717, 1.165) is 0 Å². The van der Waals surface area contributed by atoms with E-state index in [-0.39, 0.29) is 12.8 Å². The lowest BCUT2D eigenvalue weighted by molar-refractivity contribution is -0.141. The van der Waals surface area contributed by atoms with Gasteiger partial charge in [0.2, 0.25) is 11.8 Å². The Hall–Kier alpha value is -2.07. The Morgan fingerprint density at radius 3 is 2.38 bits per heavy atom. The molecule has 2 amide bonds. The summed E-state index contributed by atoms with van der Waals surface area (Å²) in [7, 11) is 0. The molecule has 0 aromatic heterocycles. The second kappa shape index (κ2) is 6.42. The van der Waals surface area contributed by atoms with Crippen LogP contribution >= 0.6 is 0 Å². The molecule has 0 aliphatic heterocycles. The largest absolute Gasteiger partial charge is 0.480 e. The molecule has 88 valence electrons. The summed E-state index contributed by atoms with van der Waals surface area (Å²) in [5, 5.41) is 10.8. The molecule has 2 atom stereocenters. The molecule has 0 fully saturated rings. The van der Waals surface area contributed by atoms with Crippen molar-refractivity contribution in [2.45, 2.75) is 24.9 Å². The molecule has 7 heteroatoms. The monoisotopic (exact) mass is 227 g/mol. The fourth-order valence-electron chi connectivity index (χ4n) is 0.906. The van der Waals surface area contributed by atoms with Gasteiger partial charge in [-0.25, -0.2) is 4.79 Å². The van der Waals surface area contributed by atoms with E-state index in [4.69, 9.17) is 23.0 Å². The lowest BCUT2D eigenvalue weighted by Crippen LogP contribution is -2.49. The minimum absolute atomic E-state index is 0.162. The summed E-state index contributed by atoms with van der Waals surface area (Å²) in [6, 6.07) is -2.38. The normalized spacial score (nSPS) is 13.2. The van der Waals surface area contributed by atoms with Gasteiger partial charge in [0.05, 0.1) is 12.5 Å². The maximum Gasteiger partial charge on any atom is 0.327 e. The second-order valence-corrected chi connectivity index (χ2v) is 3.08. The fourth-order valence-corrected chi connectivity index (χ4v) is 0.906. The molecule has 0 saturated carbocycles. The lowest BCUT2D eigenvalue weighted by atomic mass is 10.1. The van der Waals surface area contributed by atoms with Crippen molar-refractivity contribution in [3.8, 4) is 12.3 Å². The molecule has 0 radical (unpaired) electrons. The molecule has 16 heavy (non-hydrogen) atoms. The number of rotatable bonds is 6. The van der Waals surface area contributed by atoms with Crippen molar-refractivity contribution in [2.24, 2.45) is 11.5 Å². The Bertz CT molecular complexity index is 334. The number of aliphatic carboxylic acids is 1. The number of carbonyl (C=O) groups excluding carboxylic acids is 2.